The van der Waals surface area contributed by atoms with E-state index in [0.29, 0.717) is 37.7 Å². The highest BCUT2D eigenvalue weighted by molar-refractivity contribution is 7.16. The minimum absolute atomic E-state index is 0.0619. The minimum Gasteiger partial charge on any atom is -0.493 e. The van der Waals surface area contributed by atoms with E-state index in [1.165, 1.54) is 30.6 Å². The molecule has 0 N–H and O–H groups in total. The van der Waals surface area contributed by atoms with Gasteiger partial charge in [-0.05, 0) is 72.7 Å². The lowest BCUT2D eigenvalue weighted by molar-refractivity contribution is 0.361. The summed E-state index contributed by atoms with van der Waals surface area (Å²) in [6.07, 6.45) is 5.82. The summed E-state index contributed by atoms with van der Waals surface area (Å²) in [5.74, 6) is 0.722. The third-order valence-electron chi connectivity index (χ3n) is 7.64. The van der Waals surface area contributed by atoms with E-state index in [2.05, 4.69) is 16.0 Å². The van der Waals surface area contributed by atoms with Crippen LogP contribution in [0, 0.1) is 11.3 Å². The van der Waals surface area contributed by atoms with Crippen LogP contribution < -0.4 is 20.7 Å². The Labute approximate surface area is 266 Å². The normalized spacial score (nSPS) is 12.9. The summed E-state index contributed by atoms with van der Waals surface area (Å²) in [4.78, 5) is 36.4. The molecule has 1 aliphatic rings. The van der Waals surface area contributed by atoms with E-state index < -0.39 is 11.2 Å². The first-order valence-electron chi connectivity index (χ1n) is 13.7. The molecule has 3 aromatic heterocycles. The number of aryl methyl sites for hydroxylation is 2. The van der Waals surface area contributed by atoms with Crippen molar-refractivity contribution in [3.8, 4) is 23.6 Å². The molecule has 3 heterocycles. The van der Waals surface area contributed by atoms with Crippen molar-refractivity contribution in [2.45, 2.75) is 32.2 Å². The van der Waals surface area contributed by atoms with Gasteiger partial charge in [0, 0.05) is 35.2 Å². The largest absolute Gasteiger partial charge is 0.493 e. The Balaban J connectivity index is 1.39. The molecule has 6 rings (SSSR count). The van der Waals surface area contributed by atoms with Crippen LogP contribution in [0.4, 0.5) is 5.00 Å². The number of benzene rings is 2. The van der Waals surface area contributed by atoms with Gasteiger partial charge in [-0.15, -0.1) is 11.3 Å². The lowest BCUT2D eigenvalue weighted by Crippen LogP contribution is -2.37. The zero-order valence-electron chi connectivity index (χ0n) is 24.1. The van der Waals surface area contributed by atoms with E-state index in [4.69, 9.17) is 32.7 Å². The van der Waals surface area contributed by atoms with Gasteiger partial charge in [0.05, 0.1) is 19.2 Å². The molecule has 0 atom stereocenters. The predicted molar refractivity (Wildman–Crippen MR) is 172 cm³/mol. The second-order valence-electron chi connectivity index (χ2n) is 10.4. The van der Waals surface area contributed by atoms with E-state index in [9.17, 15) is 14.9 Å². The fraction of sp³-hybridized carbons (Fsp3) is 0.258. The highest BCUT2D eigenvalue weighted by Crippen LogP contribution is 2.40. The Bertz CT molecular complexity index is 2140. The van der Waals surface area contributed by atoms with Crippen molar-refractivity contribution in [1.82, 2.24) is 18.7 Å². The van der Waals surface area contributed by atoms with Gasteiger partial charge >= 0.3 is 11.7 Å². The molecular formula is C31H26Cl2N6O4S. The van der Waals surface area contributed by atoms with Crippen LogP contribution in [-0.4, -0.2) is 32.0 Å². The summed E-state index contributed by atoms with van der Waals surface area (Å²) in [5, 5.41) is 11.3. The van der Waals surface area contributed by atoms with E-state index in [-0.39, 0.29) is 23.7 Å². The molecule has 10 nitrogen and oxygen atoms in total. The van der Waals surface area contributed by atoms with Crippen molar-refractivity contribution in [2.75, 3.05) is 7.11 Å². The van der Waals surface area contributed by atoms with Crippen molar-refractivity contribution in [1.29, 1.82) is 5.26 Å². The summed E-state index contributed by atoms with van der Waals surface area (Å²) in [7, 11) is 4.46. The Morgan fingerprint density at radius 1 is 1.09 bits per heavy atom. The summed E-state index contributed by atoms with van der Waals surface area (Å²) in [6, 6.07) is 12.7. The number of aromatic nitrogens is 4. The Hall–Kier alpha value is -4.37. The lowest BCUT2D eigenvalue weighted by atomic mass is 9.96. The summed E-state index contributed by atoms with van der Waals surface area (Å²) < 4.78 is 15.8. The van der Waals surface area contributed by atoms with Crippen LogP contribution in [0.15, 0.2) is 51.0 Å². The molecule has 44 heavy (non-hydrogen) atoms. The maximum absolute atomic E-state index is 13.3. The fourth-order valence-electron chi connectivity index (χ4n) is 5.31. The first-order chi connectivity index (χ1) is 21.2. The highest BCUT2D eigenvalue weighted by atomic mass is 35.5. The van der Waals surface area contributed by atoms with Gasteiger partial charge in [-0.3, -0.25) is 18.5 Å². The molecule has 0 fully saturated rings. The molecule has 0 amide bonds. The molecule has 0 saturated carbocycles. The Kier molecular flexibility index (Phi) is 8.07. The van der Waals surface area contributed by atoms with Crippen molar-refractivity contribution in [3.05, 3.63) is 94.4 Å². The van der Waals surface area contributed by atoms with Crippen LogP contribution in [0.2, 0.25) is 10.0 Å². The number of aliphatic imine (C=N–C) groups is 1. The van der Waals surface area contributed by atoms with E-state index in [1.54, 1.807) is 58.5 Å². The van der Waals surface area contributed by atoms with Crippen molar-refractivity contribution in [3.63, 3.8) is 0 Å². The second kappa shape index (κ2) is 12.0. The van der Waals surface area contributed by atoms with Gasteiger partial charge in [0.15, 0.2) is 22.7 Å². The molecule has 0 saturated heterocycles. The van der Waals surface area contributed by atoms with Crippen LogP contribution in [-0.2, 0) is 33.5 Å². The van der Waals surface area contributed by atoms with E-state index in [1.807, 2.05) is 0 Å². The average Bonchev–Trinajstić information content (AvgIpc) is 3.57. The molecule has 5 aromatic rings. The van der Waals surface area contributed by atoms with Crippen molar-refractivity contribution < 1.29 is 9.47 Å². The topological polar surface area (TPSA) is 116 Å². The van der Waals surface area contributed by atoms with Crippen molar-refractivity contribution in [2.24, 2.45) is 19.1 Å². The summed E-state index contributed by atoms with van der Waals surface area (Å²) in [6.45, 7) is 0.119. The average molecular weight is 650 g/mol. The maximum Gasteiger partial charge on any atom is 0.332 e. The quantitative estimate of drug-likeness (QED) is 0.195. The monoisotopic (exact) mass is 648 g/mol. The Morgan fingerprint density at radius 3 is 2.64 bits per heavy atom. The van der Waals surface area contributed by atoms with Crippen molar-refractivity contribution >= 4 is 56.9 Å². The van der Waals surface area contributed by atoms with Crippen LogP contribution >= 0.6 is 34.5 Å². The van der Waals surface area contributed by atoms with Gasteiger partial charge in [-0.1, -0.05) is 29.3 Å². The number of nitrogens with zero attached hydrogens (tertiary/aromatic N) is 6. The molecule has 0 aliphatic heterocycles. The SMILES string of the molecule is COc1cc(C=Nc2sc3c(c2C#N)CCCC3)ccc1Oc1nc2c(c(=O)n(C)c(=O)n2C)n1Cc1ccc(Cl)cc1Cl. The van der Waals surface area contributed by atoms with Crippen LogP contribution in [0.3, 0.4) is 0 Å². The van der Waals surface area contributed by atoms with Gasteiger partial charge in [0.1, 0.15) is 11.1 Å². The molecule has 0 radical (unpaired) electrons. The number of nitriles is 1. The standard InChI is InChI=1S/C31H26Cl2N6O4S/c1-37-27-26(29(40)38(2)31(37)41)39(16-18-9-10-19(32)13-22(18)33)30(36-27)43-23-11-8-17(12-24(23)42-3)15-35-28-21(14-34)20-6-4-5-7-25(20)44-28/h8-13,15H,4-7,16H2,1-3H3. The van der Waals surface area contributed by atoms with Crippen LogP contribution in [0.5, 0.6) is 17.5 Å². The number of imidazole rings is 1. The molecule has 0 bridgehead atoms. The van der Waals surface area contributed by atoms with E-state index >= 15 is 0 Å². The molecule has 13 heteroatoms. The van der Waals surface area contributed by atoms with Crippen LogP contribution in [0.1, 0.15) is 40.0 Å². The molecule has 0 unspecified atom stereocenters. The number of methoxy groups -OCH3 is 1. The molecule has 0 spiro atoms. The second-order valence-corrected chi connectivity index (χ2v) is 12.3. The molecule has 1 aliphatic carbocycles. The third kappa shape index (κ3) is 5.30. The van der Waals surface area contributed by atoms with Crippen LogP contribution in [0.25, 0.3) is 11.2 Å². The van der Waals surface area contributed by atoms with E-state index in [0.717, 1.165) is 41.4 Å². The number of ether oxygens (including phenoxy) is 2. The zero-order chi connectivity index (χ0) is 31.1. The summed E-state index contributed by atoms with van der Waals surface area (Å²) >= 11 is 14.2. The number of fused-ring (bicyclic) bond motifs is 2. The third-order valence-corrected chi connectivity index (χ3v) is 9.43. The van der Waals surface area contributed by atoms with Gasteiger partial charge in [0.25, 0.3) is 5.56 Å². The minimum atomic E-state index is -0.527. The van der Waals surface area contributed by atoms with Gasteiger partial charge < -0.3 is 9.47 Å². The molecular weight excluding hydrogens is 623 g/mol. The number of rotatable bonds is 7. The number of hydrogen-bond donors (Lipinski definition) is 0. The van der Waals surface area contributed by atoms with Gasteiger partial charge in [-0.25, -0.2) is 9.79 Å². The highest BCUT2D eigenvalue weighted by Gasteiger charge is 2.23. The molecule has 224 valence electrons. The maximum atomic E-state index is 13.3. The first-order valence-corrected chi connectivity index (χ1v) is 15.3. The summed E-state index contributed by atoms with van der Waals surface area (Å²) in [5.41, 5.74) is 2.49. The number of thiophene rings is 1. The predicted octanol–water partition coefficient (Wildman–Crippen LogP) is 6.15. The Morgan fingerprint density at radius 2 is 1.89 bits per heavy atom. The zero-order valence-corrected chi connectivity index (χ0v) is 26.4. The number of halogens is 2. The smallest absolute Gasteiger partial charge is 0.332 e. The lowest BCUT2D eigenvalue weighted by Gasteiger charge is -2.13. The van der Waals surface area contributed by atoms with Gasteiger partial charge in [0.2, 0.25) is 0 Å². The number of hydrogen-bond acceptors (Lipinski definition) is 8. The first kappa shape index (κ1) is 29.7. The van der Waals surface area contributed by atoms with Gasteiger partial charge in [-0.2, -0.15) is 10.2 Å². The fourth-order valence-corrected chi connectivity index (χ4v) is 6.96. The molecule has 2 aromatic carbocycles.